The summed E-state index contributed by atoms with van der Waals surface area (Å²) < 4.78 is 11.0. The minimum Gasteiger partial charge on any atom is -0.369 e. The molecule has 0 saturated heterocycles. The zero-order valence-corrected chi connectivity index (χ0v) is 13.0. The van der Waals surface area contributed by atoms with Crippen LogP contribution in [-0.4, -0.2) is 23.3 Å². The molecule has 0 saturated carbocycles. The molecule has 1 aromatic heterocycles. The maximum Gasteiger partial charge on any atom is 0.231 e. The number of rotatable bonds is 6. The van der Waals surface area contributed by atoms with Crippen LogP contribution in [0.1, 0.15) is 50.1 Å². The van der Waals surface area contributed by atoms with Crippen molar-refractivity contribution in [2.75, 3.05) is 7.11 Å². The van der Waals surface area contributed by atoms with Crippen molar-refractivity contribution < 1.29 is 9.26 Å². The molecule has 2 rings (SSSR count). The number of nitrogens with zero attached hydrogens (tertiary/aromatic N) is 2. The van der Waals surface area contributed by atoms with Crippen LogP contribution in [0.25, 0.3) is 0 Å². The van der Waals surface area contributed by atoms with Gasteiger partial charge in [0, 0.05) is 13.2 Å². The van der Waals surface area contributed by atoms with Gasteiger partial charge in [-0.25, -0.2) is 0 Å². The molecule has 0 spiro atoms. The van der Waals surface area contributed by atoms with Gasteiger partial charge in [0.1, 0.15) is 6.10 Å². The molecule has 0 amide bonds. The summed E-state index contributed by atoms with van der Waals surface area (Å²) >= 11 is 0. The number of benzene rings is 1. The normalized spacial score (nSPS) is 15.9. The second kappa shape index (κ2) is 6.83. The Labute approximate surface area is 125 Å². The van der Waals surface area contributed by atoms with Crippen LogP contribution in [-0.2, 0) is 4.74 Å². The summed E-state index contributed by atoms with van der Waals surface area (Å²) in [4.78, 5) is 4.52. The lowest BCUT2D eigenvalue weighted by atomic mass is 9.90. The van der Waals surface area contributed by atoms with Gasteiger partial charge >= 0.3 is 0 Å². The van der Waals surface area contributed by atoms with Crippen molar-refractivity contribution in [3.05, 3.63) is 47.6 Å². The monoisotopic (exact) mass is 289 g/mol. The van der Waals surface area contributed by atoms with E-state index < -0.39 is 0 Å². The average Bonchev–Trinajstić information content (AvgIpc) is 2.89. The third-order valence-corrected chi connectivity index (χ3v) is 3.60. The highest BCUT2D eigenvalue weighted by Crippen LogP contribution is 2.29. The SMILES string of the molecule is COC(c1ccccc1)c1noc(C(C(C)C)C(C)N)n1. The van der Waals surface area contributed by atoms with E-state index in [2.05, 4.69) is 24.0 Å². The third kappa shape index (κ3) is 3.49. The summed E-state index contributed by atoms with van der Waals surface area (Å²) in [5.74, 6) is 1.48. The Morgan fingerprint density at radius 3 is 2.33 bits per heavy atom. The highest BCUT2D eigenvalue weighted by Gasteiger charge is 2.28. The number of methoxy groups -OCH3 is 1. The predicted octanol–water partition coefficient (Wildman–Crippen LogP) is 2.89. The number of nitrogens with two attached hydrogens (primary N) is 1. The first-order chi connectivity index (χ1) is 10.0. The van der Waals surface area contributed by atoms with Crippen molar-refractivity contribution in [1.29, 1.82) is 0 Å². The van der Waals surface area contributed by atoms with Gasteiger partial charge in [-0.15, -0.1) is 0 Å². The lowest BCUT2D eigenvalue weighted by Gasteiger charge is -2.20. The van der Waals surface area contributed by atoms with Crippen LogP contribution in [0.15, 0.2) is 34.9 Å². The molecule has 3 unspecified atom stereocenters. The molecule has 2 N–H and O–H groups in total. The van der Waals surface area contributed by atoms with Crippen molar-refractivity contribution in [3.63, 3.8) is 0 Å². The first kappa shape index (κ1) is 15.7. The van der Waals surface area contributed by atoms with Crippen LogP contribution in [0.2, 0.25) is 0 Å². The van der Waals surface area contributed by atoms with Crippen LogP contribution in [0.3, 0.4) is 0 Å². The van der Waals surface area contributed by atoms with Crippen molar-refractivity contribution in [2.24, 2.45) is 11.7 Å². The van der Waals surface area contributed by atoms with Crippen molar-refractivity contribution in [2.45, 2.75) is 38.8 Å². The lowest BCUT2D eigenvalue weighted by Crippen LogP contribution is -2.28. The molecule has 3 atom stereocenters. The quantitative estimate of drug-likeness (QED) is 0.885. The number of ether oxygens (including phenoxy) is 1. The predicted molar refractivity (Wildman–Crippen MR) is 80.8 cm³/mol. The summed E-state index contributed by atoms with van der Waals surface area (Å²) in [6.45, 7) is 6.16. The zero-order chi connectivity index (χ0) is 15.4. The molecule has 114 valence electrons. The second-order valence-corrected chi connectivity index (χ2v) is 5.65. The molecule has 0 aliphatic rings. The molecule has 0 aliphatic carbocycles. The smallest absolute Gasteiger partial charge is 0.231 e. The van der Waals surface area contributed by atoms with Crippen LogP contribution >= 0.6 is 0 Å². The minimum absolute atomic E-state index is 0.0412. The summed E-state index contributed by atoms with van der Waals surface area (Å²) in [6, 6.07) is 9.80. The highest BCUT2D eigenvalue weighted by molar-refractivity contribution is 5.22. The van der Waals surface area contributed by atoms with Gasteiger partial charge in [-0.3, -0.25) is 0 Å². The molecule has 1 heterocycles. The Balaban J connectivity index is 2.29. The molecule has 21 heavy (non-hydrogen) atoms. The molecule has 0 bridgehead atoms. The summed E-state index contributed by atoms with van der Waals surface area (Å²) in [5, 5.41) is 4.08. The van der Waals surface area contributed by atoms with Crippen molar-refractivity contribution in [1.82, 2.24) is 10.1 Å². The number of hydrogen-bond donors (Lipinski definition) is 1. The van der Waals surface area contributed by atoms with Gasteiger partial charge in [-0.05, 0) is 18.4 Å². The van der Waals surface area contributed by atoms with Gasteiger partial charge in [-0.2, -0.15) is 4.98 Å². The van der Waals surface area contributed by atoms with Gasteiger partial charge in [0.25, 0.3) is 0 Å². The van der Waals surface area contributed by atoms with Gasteiger partial charge in [-0.1, -0.05) is 49.3 Å². The van der Waals surface area contributed by atoms with E-state index in [0.29, 0.717) is 17.6 Å². The van der Waals surface area contributed by atoms with E-state index >= 15 is 0 Å². The van der Waals surface area contributed by atoms with Gasteiger partial charge < -0.3 is 15.0 Å². The third-order valence-electron chi connectivity index (χ3n) is 3.60. The van der Waals surface area contributed by atoms with E-state index in [1.54, 1.807) is 7.11 Å². The molecule has 5 heteroatoms. The van der Waals surface area contributed by atoms with E-state index in [1.807, 2.05) is 37.3 Å². The Morgan fingerprint density at radius 1 is 1.14 bits per heavy atom. The van der Waals surface area contributed by atoms with E-state index in [4.69, 9.17) is 15.0 Å². The largest absolute Gasteiger partial charge is 0.369 e. The highest BCUT2D eigenvalue weighted by atomic mass is 16.5. The maximum absolute atomic E-state index is 6.04. The van der Waals surface area contributed by atoms with E-state index in [-0.39, 0.29) is 18.1 Å². The Morgan fingerprint density at radius 2 is 1.81 bits per heavy atom. The fourth-order valence-corrected chi connectivity index (χ4v) is 2.62. The second-order valence-electron chi connectivity index (χ2n) is 5.65. The van der Waals surface area contributed by atoms with Gasteiger partial charge in [0.15, 0.2) is 0 Å². The fraction of sp³-hybridized carbons (Fsp3) is 0.500. The molecule has 2 aromatic rings. The first-order valence-electron chi connectivity index (χ1n) is 7.21. The molecular formula is C16H23N3O2. The Kier molecular flexibility index (Phi) is 5.09. The zero-order valence-electron chi connectivity index (χ0n) is 13.0. The van der Waals surface area contributed by atoms with E-state index in [9.17, 15) is 0 Å². The van der Waals surface area contributed by atoms with E-state index in [1.165, 1.54) is 0 Å². The molecule has 0 fully saturated rings. The van der Waals surface area contributed by atoms with Crippen LogP contribution in [0, 0.1) is 5.92 Å². The van der Waals surface area contributed by atoms with E-state index in [0.717, 1.165) is 5.56 Å². The van der Waals surface area contributed by atoms with Crippen LogP contribution < -0.4 is 5.73 Å². The van der Waals surface area contributed by atoms with Crippen molar-refractivity contribution in [3.8, 4) is 0 Å². The lowest BCUT2D eigenvalue weighted by molar-refractivity contribution is 0.126. The van der Waals surface area contributed by atoms with Gasteiger partial charge in [0.2, 0.25) is 11.7 Å². The Bertz CT molecular complexity index is 544. The van der Waals surface area contributed by atoms with Crippen LogP contribution in [0.4, 0.5) is 0 Å². The van der Waals surface area contributed by atoms with Crippen LogP contribution in [0.5, 0.6) is 0 Å². The molecule has 1 aromatic carbocycles. The number of aromatic nitrogens is 2. The molecule has 0 aliphatic heterocycles. The first-order valence-corrected chi connectivity index (χ1v) is 7.21. The van der Waals surface area contributed by atoms with Gasteiger partial charge in [0.05, 0.1) is 5.92 Å². The summed E-state index contributed by atoms with van der Waals surface area (Å²) in [5.41, 5.74) is 7.03. The van der Waals surface area contributed by atoms with Crippen molar-refractivity contribution >= 4 is 0 Å². The molecule has 0 radical (unpaired) electrons. The Hall–Kier alpha value is -1.72. The molecule has 5 nitrogen and oxygen atoms in total. The standard InChI is InChI=1S/C16H23N3O2/c1-10(2)13(11(3)17)16-18-15(19-21-16)14(20-4)12-8-6-5-7-9-12/h5-11,13-14H,17H2,1-4H3. The minimum atomic E-state index is -0.329. The summed E-state index contributed by atoms with van der Waals surface area (Å²) in [6.07, 6.45) is -0.329. The average molecular weight is 289 g/mol. The number of hydrogen-bond acceptors (Lipinski definition) is 5. The molecular weight excluding hydrogens is 266 g/mol. The topological polar surface area (TPSA) is 74.2 Å². The summed E-state index contributed by atoms with van der Waals surface area (Å²) in [7, 11) is 1.64. The maximum atomic E-state index is 6.04. The fourth-order valence-electron chi connectivity index (χ4n) is 2.62.